The summed E-state index contributed by atoms with van der Waals surface area (Å²) >= 11 is 0. The minimum absolute atomic E-state index is 0.110. The number of rotatable bonds is 6. The van der Waals surface area contributed by atoms with Gasteiger partial charge in [-0.15, -0.1) is 5.10 Å². The molecular formula is C17H22N4O2S. The van der Waals surface area contributed by atoms with Gasteiger partial charge >= 0.3 is 0 Å². The van der Waals surface area contributed by atoms with Crippen LogP contribution in [0.4, 0.5) is 5.82 Å². The molecule has 1 aromatic carbocycles. The second-order valence-electron chi connectivity index (χ2n) is 5.95. The Balaban J connectivity index is 1.52. The van der Waals surface area contributed by atoms with Gasteiger partial charge in [-0.05, 0) is 37.1 Å². The zero-order valence-electron chi connectivity index (χ0n) is 13.5. The van der Waals surface area contributed by atoms with Crippen LogP contribution in [0.2, 0.25) is 0 Å². The largest absolute Gasteiger partial charge is 0.354 e. The standard InChI is InChI=1S/C17H22N4O2S/c22-24(23,16-7-2-1-3-8-16)13-11-18-15-6-5-12-21(14-15)17-9-4-10-19-20-17/h1-4,7-10,15,18H,5-6,11-14H2/t15-/m0/s1. The maximum atomic E-state index is 12.3. The van der Waals surface area contributed by atoms with E-state index in [1.54, 1.807) is 30.5 Å². The van der Waals surface area contributed by atoms with Crippen molar-refractivity contribution >= 4 is 15.7 Å². The molecule has 1 aliphatic rings. The number of nitrogens with zero attached hydrogens (tertiary/aromatic N) is 3. The zero-order valence-corrected chi connectivity index (χ0v) is 14.3. The molecule has 0 aliphatic carbocycles. The minimum atomic E-state index is -3.23. The first kappa shape index (κ1) is 16.9. The summed E-state index contributed by atoms with van der Waals surface area (Å²) in [7, 11) is -3.23. The lowest BCUT2D eigenvalue weighted by Gasteiger charge is -2.33. The summed E-state index contributed by atoms with van der Waals surface area (Å²) in [6.45, 7) is 2.24. The van der Waals surface area contributed by atoms with E-state index in [1.807, 2.05) is 18.2 Å². The van der Waals surface area contributed by atoms with E-state index in [0.717, 1.165) is 31.7 Å². The first-order valence-electron chi connectivity index (χ1n) is 8.19. The van der Waals surface area contributed by atoms with E-state index in [4.69, 9.17) is 0 Å². The highest BCUT2D eigenvalue weighted by Crippen LogP contribution is 2.17. The number of nitrogens with one attached hydrogen (secondary N) is 1. The highest BCUT2D eigenvalue weighted by atomic mass is 32.2. The molecule has 3 rings (SSSR count). The number of hydrogen-bond donors (Lipinski definition) is 1. The number of piperidine rings is 1. The van der Waals surface area contributed by atoms with Crippen LogP contribution in [0.25, 0.3) is 0 Å². The van der Waals surface area contributed by atoms with Crippen LogP contribution in [0.15, 0.2) is 53.6 Å². The fourth-order valence-corrected chi connectivity index (χ4v) is 4.15. The van der Waals surface area contributed by atoms with Crippen LogP contribution in [0.5, 0.6) is 0 Å². The first-order chi connectivity index (χ1) is 11.6. The molecule has 1 aliphatic heterocycles. The fraction of sp³-hybridized carbons (Fsp3) is 0.412. The second-order valence-corrected chi connectivity index (χ2v) is 8.06. The van der Waals surface area contributed by atoms with Crippen molar-refractivity contribution < 1.29 is 8.42 Å². The van der Waals surface area contributed by atoms with Crippen molar-refractivity contribution in [2.24, 2.45) is 0 Å². The lowest BCUT2D eigenvalue weighted by Crippen LogP contribution is -2.47. The summed E-state index contributed by atoms with van der Waals surface area (Å²) < 4.78 is 24.6. The number of aromatic nitrogens is 2. The second kappa shape index (κ2) is 7.72. The third-order valence-electron chi connectivity index (χ3n) is 4.21. The van der Waals surface area contributed by atoms with Crippen LogP contribution in [0.1, 0.15) is 12.8 Å². The van der Waals surface area contributed by atoms with Gasteiger partial charge in [-0.3, -0.25) is 0 Å². The maximum absolute atomic E-state index is 12.3. The highest BCUT2D eigenvalue weighted by Gasteiger charge is 2.21. The van der Waals surface area contributed by atoms with Gasteiger partial charge in [-0.25, -0.2) is 8.42 Å². The third-order valence-corrected chi connectivity index (χ3v) is 5.94. The highest BCUT2D eigenvalue weighted by molar-refractivity contribution is 7.91. The number of anilines is 1. The van der Waals surface area contributed by atoms with Gasteiger partial charge in [-0.2, -0.15) is 5.10 Å². The smallest absolute Gasteiger partial charge is 0.179 e. The molecule has 24 heavy (non-hydrogen) atoms. The number of benzene rings is 1. The molecule has 1 saturated heterocycles. The molecule has 1 atom stereocenters. The molecule has 2 aromatic rings. The number of hydrogen-bond acceptors (Lipinski definition) is 6. The monoisotopic (exact) mass is 346 g/mol. The Morgan fingerprint density at radius 2 is 2.00 bits per heavy atom. The predicted octanol–water partition coefficient (Wildman–Crippen LogP) is 1.51. The summed E-state index contributed by atoms with van der Waals surface area (Å²) in [4.78, 5) is 2.58. The topological polar surface area (TPSA) is 75.2 Å². The maximum Gasteiger partial charge on any atom is 0.179 e. The van der Waals surface area contributed by atoms with Crippen LogP contribution in [-0.2, 0) is 9.84 Å². The predicted molar refractivity (Wildman–Crippen MR) is 93.8 cm³/mol. The van der Waals surface area contributed by atoms with E-state index in [2.05, 4.69) is 20.4 Å². The Morgan fingerprint density at radius 1 is 1.17 bits per heavy atom. The molecule has 0 bridgehead atoms. The van der Waals surface area contributed by atoms with Gasteiger partial charge in [0, 0.05) is 31.9 Å². The molecule has 0 radical (unpaired) electrons. The molecule has 0 saturated carbocycles. The van der Waals surface area contributed by atoms with Gasteiger partial charge in [0.05, 0.1) is 10.6 Å². The van der Waals surface area contributed by atoms with E-state index in [-0.39, 0.29) is 11.8 Å². The molecule has 6 nitrogen and oxygen atoms in total. The van der Waals surface area contributed by atoms with Crippen molar-refractivity contribution in [1.82, 2.24) is 15.5 Å². The molecule has 128 valence electrons. The quantitative estimate of drug-likeness (QED) is 0.854. The summed E-state index contributed by atoms with van der Waals surface area (Å²) in [6.07, 6.45) is 3.76. The van der Waals surface area contributed by atoms with Gasteiger partial charge in [-0.1, -0.05) is 18.2 Å². The SMILES string of the molecule is O=S(=O)(CCN[C@H]1CCCN(c2cccnn2)C1)c1ccccc1. The van der Waals surface area contributed by atoms with Crippen LogP contribution < -0.4 is 10.2 Å². The summed E-state index contributed by atoms with van der Waals surface area (Å²) in [5, 5.41) is 11.4. The third kappa shape index (κ3) is 4.30. The Hall–Kier alpha value is -1.99. The van der Waals surface area contributed by atoms with E-state index < -0.39 is 9.84 Å². The van der Waals surface area contributed by atoms with Crippen molar-refractivity contribution in [2.45, 2.75) is 23.8 Å². The van der Waals surface area contributed by atoms with Crippen molar-refractivity contribution in [3.05, 3.63) is 48.7 Å². The normalized spacial score (nSPS) is 18.5. The first-order valence-corrected chi connectivity index (χ1v) is 9.84. The van der Waals surface area contributed by atoms with Gasteiger partial charge in [0.1, 0.15) is 0 Å². The minimum Gasteiger partial charge on any atom is -0.354 e. The Bertz CT molecular complexity index is 738. The molecule has 2 heterocycles. The Labute approximate surface area is 142 Å². The molecule has 7 heteroatoms. The lowest BCUT2D eigenvalue weighted by atomic mass is 10.1. The molecule has 1 aromatic heterocycles. The summed E-state index contributed by atoms with van der Waals surface area (Å²) in [5.41, 5.74) is 0. The van der Waals surface area contributed by atoms with Crippen molar-refractivity contribution in [2.75, 3.05) is 30.3 Å². The lowest BCUT2D eigenvalue weighted by molar-refractivity contribution is 0.428. The van der Waals surface area contributed by atoms with Gasteiger partial charge < -0.3 is 10.2 Å². The average molecular weight is 346 g/mol. The fourth-order valence-electron chi connectivity index (χ4n) is 2.96. The molecule has 0 spiro atoms. The summed E-state index contributed by atoms with van der Waals surface area (Å²) in [6, 6.07) is 12.7. The number of sulfone groups is 1. The Morgan fingerprint density at radius 3 is 2.75 bits per heavy atom. The van der Waals surface area contributed by atoms with Gasteiger partial charge in [0.15, 0.2) is 15.7 Å². The van der Waals surface area contributed by atoms with E-state index >= 15 is 0 Å². The van der Waals surface area contributed by atoms with Crippen LogP contribution in [0.3, 0.4) is 0 Å². The molecule has 0 amide bonds. The zero-order chi connectivity index (χ0) is 16.8. The van der Waals surface area contributed by atoms with Crippen molar-refractivity contribution in [1.29, 1.82) is 0 Å². The van der Waals surface area contributed by atoms with Crippen LogP contribution >= 0.6 is 0 Å². The molecule has 0 unspecified atom stereocenters. The van der Waals surface area contributed by atoms with E-state index in [1.165, 1.54) is 0 Å². The van der Waals surface area contributed by atoms with E-state index in [9.17, 15) is 8.42 Å². The van der Waals surface area contributed by atoms with E-state index in [0.29, 0.717) is 11.4 Å². The molecular weight excluding hydrogens is 324 g/mol. The van der Waals surface area contributed by atoms with Crippen LogP contribution in [-0.4, -0.2) is 50.0 Å². The van der Waals surface area contributed by atoms with Gasteiger partial charge in [0.25, 0.3) is 0 Å². The molecule has 1 fully saturated rings. The molecule has 1 N–H and O–H groups in total. The van der Waals surface area contributed by atoms with Crippen molar-refractivity contribution in [3.63, 3.8) is 0 Å². The van der Waals surface area contributed by atoms with Crippen molar-refractivity contribution in [3.8, 4) is 0 Å². The van der Waals surface area contributed by atoms with Crippen LogP contribution in [0, 0.1) is 0 Å². The average Bonchev–Trinajstić information content (AvgIpc) is 2.63. The van der Waals surface area contributed by atoms with Gasteiger partial charge in [0.2, 0.25) is 0 Å². The Kier molecular flexibility index (Phi) is 5.42. The summed E-state index contributed by atoms with van der Waals surface area (Å²) in [5.74, 6) is 0.986.